The van der Waals surface area contributed by atoms with E-state index in [2.05, 4.69) is 31.3 Å². The molecule has 0 bridgehead atoms. The van der Waals surface area contributed by atoms with Crippen LogP contribution < -0.4 is 5.32 Å². The van der Waals surface area contributed by atoms with Crippen LogP contribution in [0.1, 0.15) is 31.4 Å². The Hall–Kier alpha value is -1.35. The molecular weight excluding hydrogens is 226 g/mol. The normalized spacial score (nSPS) is 10.7. The molecule has 0 aliphatic rings. The Kier molecular flexibility index (Phi) is 6.44. The number of rotatable bonds is 7. The number of benzene rings is 1. The molecule has 1 amide bonds. The molecule has 0 saturated carbocycles. The number of aliphatic hydroxyl groups excluding tert-OH is 1. The number of hydrogen-bond donors (Lipinski definition) is 2. The summed E-state index contributed by atoms with van der Waals surface area (Å²) < 4.78 is 0. The van der Waals surface area contributed by atoms with Gasteiger partial charge >= 0.3 is 0 Å². The van der Waals surface area contributed by atoms with Gasteiger partial charge in [-0.05, 0) is 29.9 Å². The van der Waals surface area contributed by atoms with E-state index in [-0.39, 0.29) is 12.5 Å². The van der Waals surface area contributed by atoms with E-state index >= 15 is 0 Å². The second-order valence-corrected chi connectivity index (χ2v) is 5.02. The average Bonchev–Trinajstić information content (AvgIpc) is 2.31. The second kappa shape index (κ2) is 7.88. The standard InChI is InChI=1S/C15H23NO2/c1-12(2)10-13-4-6-14(7-5-13)11-15(18)16-8-3-9-17/h4-7,12,17H,3,8-11H2,1-2H3,(H,16,18). The van der Waals surface area contributed by atoms with Crippen LogP contribution in [-0.4, -0.2) is 24.2 Å². The molecule has 1 aromatic carbocycles. The van der Waals surface area contributed by atoms with Gasteiger partial charge in [0, 0.05) is 13.2 Å². The first-order valence-corrected chi connectivity index (χ1v) is 6.57. The zero-order valence-corrected chi connectivity index (χ0v) is 11.3. The van der Waals surface area contributed by atoms with E-state index in [9.17, 15) is 4.79 Å². The van der Waals surface area contributed by atoms with Crippen molar-refractivity contribution in [2.45, 2.75) is 33.1 Å². The molecule has 0 fully saturated rings. The van der Waals surface area contributed by atoms with E-state index < -0.39 is 0 Å². The Bertz CT molecular complexity index is 357. The first-order chi connectivity index (χ1) is 8.61. The van der Waals surface area contributed by atoms with Gasteiger partial charge in [-0.25, -0.2) is 0 Å². The lowest BCUT2D eigenvalue weighted by atomic mass is 10.0. The summed E-state index contributed by atoms with van der Waals surface area (Å²) in [5.74, 6) is 0.665. The lowest BCUT2D eigenvalue weighted by Crippen LogP contribution is -2.26. The molecule has 0 atom stereocenters. The van der Waals surface area contributed by atoms with Crippen molar-refractivity contribution in [2.24, 2.45) is 5.92 Å². The predicted molar refractivity (Wildman–Crippen MR) is 73.4 cm³/mol. The van der Waals surface area contributed by atoms with Gasteiger partial charge in [0.1, 0.15) is 0 Å². The van der Waals surface area contributed by atoms with E-state index in [4.69, 9.17) is 5.11 Å². The molecule has 0 heterocycles. The molecule has 0 radical (unpaired) electrons. The van der Waals surface area contributed by atoms with Crippen molar-refractivity contribution >= 4 is 5.91 Å². The molecule has 0 aromatic heterocycles. The molecule has 2 N–H and O–H groups in total. The van der Waals surface area contributed by atoms with Gasteiger partial charge in [0.05, 0.1) is 6.42 Å². The van der Waals surface area contributed by atoms with E-state index in [1.54, 1.807) is 0 Å². The molecule has 0 aliphatic carbocycles. The van der Waals surface area contributed by atoms with Gasteiger partial charge in [0.15, 0.2) is 0 Å². The van der Waals surface area contributed by atoms with Crippen LogP contribution in [0.15, 0.2) is 24.3 Å². The molecule has 0 aliphatic heterocycles. The molecule has 0 saturated heterocycles. The fourth-order valence-electron chi connectivity index (χ4n) is 1.82. The number of carbonyl (C=O) groups is 1. The number of carbonyl (C=O) groups excluding carboxylic acids is 1. The van der Waals surface area contributed by atoms with Crippen LogP contribution in [0.2, 0.25) is 0 Å². The molecule has 3 nitrogen and oxygen atoms in total. The molecule has 100 valence electrons. The number of aliphatic hydroxyl groups is 1. The number of hydrogen-bond acceptors (Lipinski definition) is 2. The van der Waals surface area contributed by atoms with E-state index in [1.165, 1.54) is 5.56 Å². The lowest BCUT2D eigenvalue weighted by molar-refractivity contribution is -0.120. The molecule has 1 rings (SSSR count). The Labute approximate surface area is 109 Å². The largest absolute Gasteiger partial charge is 0.396 e. The van der Waals surface area contributed by atoms with Gasteiger partial charge in [-0.15, -0.1) is 0 Å². The minimum absolute atomic E-state index is 0.0139. The molecule has 0 spiro atoms. The molecule has 0 unspecified atom stereocenters. The van der Waals surface area contributed by atoms with E-state index in [1.807, 2.05) is 12.1 Å². The maximum atomic E-state index is 11.6. The Morgan fingerprint density at radius 3 is 2.39 bits per heavy atom. The summed E-state index contributed by atoms with van der Waals surface area (Å²) >= 11 is 0. The van der Waals surface area contributed by atoms with Crippen molar-refractivity contribution in [3.8, 4) is 0 Å². The second-order valence-electron chi connectivity index (χ2n) is 5.02. The zero-order chi connectivity index (χ0) is 13.4. The molecular formula is C15H23NO2. The minimum Gasteiger partial charge on any atom is -0.396 e. The van der Waals surface area contributed by atoms with Gasteiger partial charge in [-0.1, -0.05) is 38.1 Å². The highest BCUT2D eigenvalue weighted by molar-refractivity contribution is 5.78. The first-order valence-electron chi connectivity index (χ1n) is 6.57. The summed E-state index contributed by atoms with van der Waals surface area (Å²) in [5.41, 5.74) is 2.35. The van der Waals surface area contributed by atoms with Gasteiger partial charge in [-0.2, -0.15) is 0 Å². The van der Waals surface area contributed by atoms with Gasteiger partial charge < -0.3 is 10.4 Å². The minimum atomic E-state index is 0.0139. The Morgan fingerprint density at radius 2 is 1.83 bits per heavy atom. The quantitative estimate of drug-likeness (QED) is 0.725. The first kappa shape index (κ1) is 14.7. The maximum Gasteiger partial charge on any atom is 0.224 e. The summed E-state index contributed by atoms with van der Waals surface area (Å²) in [6.45, 7) is 5.05. The van der Waals surface area contributed by atoms with Crippen molar-refractivity contribution < 1.29 is 9.90 Å². The van der Waals surface area contributed by atoms with Crippen molar-refractivity contribution in [3.63, 3.8) is 0 Å². The summed E-state index contributed by atoms with van der Waals surface area (Å²) in [5, 5.41) is 11.4. The van der Waals surface area contributed by atoms with Crippen LogP contribution in [0, 0.1) is 5.92 Å². The summed E-state index contributed by atoms with van der Waals surface area (Å²) in [7, 11) is 0. The van der Waals surface area contributed by atoms with Crippen LogP contribution >= 0.6 is 0 Å². The summed E-state index contributed by atoms with van der Waals surface area (Å²) in [4.78, 5) is 11.6. The van der Waals surface area contributed by atoms with Crippen LogP contribution in [-0.2, 0) is 17.6 Å². The molecule has 1 aromatic rings. The zero-order valence-electron chi connectivity index (χ0n) is 11.3. The molecule has 18 heavy (non-hydrogen) atoms. The van der Waals surface area contributed by atoms with Crippen molar-refractivity contribution in [3.05, 3.63) is 35.4 Å². The van der Waals surface area contributed by atoms with E-state index in [0.717, 1.165) is 12.0 Å². The van der Waals surface area contributed by atoms with Gasteiger partial charge in [0.2, 0.25) is 5.91 Å². The summed E-state index contributed by atoms with van der Waals surface area (Å²) in [6, 6.07) is 8.22. The fourth-order valence-corrected chi connectivity index (χ4v) is 1.82. The lowest BCUT2D eigenvalue weighted by Gasteiger charge is -2.07. The van der Waals surface area contributed by atoms with Crippen LogP contribution in [0.3, 0.4) is 0 Å². The highest BCUT2D eigenvalue weighted by Gasteiger charge is 2.03. The van der Waals surface area contributed by atoms with E-state index in [0.29, 0.717) is 25.3 Å². The topological polar surface area (TPSA) is 49.3 Å². The van der Waals surface area contributed by atoms with Crippen molar-refractivity contribution in [1.82, 2.24) is 5.32 Å². The monoisotopic (exact) mass is 249 g/mol. The third-order valence-corrected chi connectivity index (χ3v) is 2.69. The van der Waals surface area contributed by atoms with Crippen LogP contribution in [0.4, 0.5) is 0 Å². The fraction of sp³-hybridized carbons (Fsp3) is 0.533. The Morgan fingerprint density at radius 1 is 1.22 bits per heavy atom. The highest BCUT2D eigenvalue weighted by atomic mass is 16.3. The van der Waals surface area contributed by atoms with Crippen LogP contribution in [0.25, 0.3) is 0 Å². The highest BCUT2D eigenvalue weighted by Crippen LogP contribution is 2.10. The predicted octanol–water partition coefficient (Wildman–Crippen LogP) is 1.93. The van der Waals surface area contributed by atoms with Crippen molar-refractivity contribution in [1.29, 1.82) is 0 Å². The summed E-state index contributed by atoms with van der Waals surface area (Å²) in [6.07, 6.45) is 2.09. The van der Waals surface area contributed by atoms with Gasteiger partial charge in [0.25, 0.3) is 0 Å². The number of nitrogens with one attached hydrogen (secondary N) is 1. The van der Waals surface area contributed by atoms with Gasteiger partial charge in [-0.3, -0.25) is 4.79 Å². The average molecular weight is 249 g/mol. The maximum absolute atomic E-state index is 11.6. The third kappa shape index (κ3) is 5.82. The van der Waals surface area contributed by atoms with Crippen molar-refractivity contribution in [2.75, 3.05) is 13.2 Å². The van der Waals surface area contributed by atoms with Crippen LogP contribution in [0.5, 0.6) is 0 Å². The smallest absolute Gasteiger partial charge is 0.224 e. The SMILES string of the molecule is CC(C)Cc1ccc(CC(=O)NCCCO)cc1. The third-order valence-electron chi connectivity index (χ3n) is 2.69. The molecule has 3 heteroatoms. The Balaban J connectivity index is 2.40. The number of amides is 1.